The standard InChI is InChI=1S/C21H24N2O6S/c1-15(24)19(13-16-7-5-4-6-8-16)22-20(25)14-29-21(26)17-9-11-18(12-10-17)30(27,28)23(2)3/h4-12,19H,13-14H2,1-3H3,(H,22,25)/t19-/m0/s1. The molecule has 1 amide bonds. The summed E-state index contributed by atoms with van der Waals surface area (Å²) in [7, 11) is -0.797. The van der Waals surface area contributed by atoms with E-state index in [1.54, 1.807) is 0 Å². The first-order valence-electron chi connectivity index (χ1n) is 9.14. The molecule has 0 fully saturated rings. The fourth-order valence-electron chi connectivity index (χ4n) is 2.57. The molecule has 30 heavy (non-hydrogen) atoms. The molecule has 2 aromatic carbocycles. The third-order valence-electron chi connectivity index (χ3n) is 4.31. The molecule has 9 heteroatoms. The highest BCUT2D eigenvalue weighted by Crippen LogP contribution is 2.14. The van der Waals surface area contributed by atoms with Gasteiger partial charge in [-0.15, -0.1) is 0 Å². The molecule has 2 aromatic rings. The molecule has 0 radical (unpaired) electrons. The van der Waals surface area contributed by atoms with E-state index in [4.69, 9.17) is 4.74 Å². The van der Waals surface area contributed by atoms with E-state index in [1.807, 2.05) is 30.3 Å². The van der Waals surface area contributed by atoms with Gasteiger partial charge in [0.25, 0.3) is 5.91 Å². The van der Waals surface area contributed by atoms with Gasteiger partial charge in [-0.25, -0.2) is 17.5 Å². The Labute approximate surface area is 175 Å². The second-order valence-electron chi connectivity index (χ2n) is 6.81. The predicted octanol–water partition coefficient (Wildman–Crippen LogP) is 1.41. The predicted molar refractivity (Wildman–Crippen MR) is 110 cm³/mol. The van der Waals surface area contributed by atoms with Gasteiger partial charge in [-0.2, -0.15) is 0 Å². The van der Waals surface area contributed by atoms with E-state index < -0.39 is 34.5 Å². The van der Waals surface area contributed by atoms with Gasteiger partial charge in [-0.05, 0) is 43.2 Å². The summed E-state index contributed by atoms with van der Waals surface area (Å²) in [5.41, 5.74) is 0.996. The highest BCUT2D eigenvalue weighted by molar-refractivity contribution is 7.89. The molecule has 1 N–H and O–H groups in total. The van der Waals surface area contributed by atoms with E-state index in [2.05, 4.69) is 5.32 Å². The molecule has 8 nitrogen and oxygen atoms in total. The summed E-state index contributed by atoms with van der Waals surface area (Å²) in [5, 5.41) is 2.56. The summed E-state index contributed by atoms with van der Waals surface area (Å²) in [6, 6.07) is 13.7. The molecule has 0 spiro atoms. The highest BCUT2D eigenvalue weighted by atomic mass is 32.2. The first-order chi connectivity index (χ1) is 14.1. The average Bonchev–Trinajstić information content (AvgIpc) is 2.72. The number of carbonyl (C=O) groups is 3. The number of nitrogens with one attached hydrogen (secondary N) is 1. The quantitative estimate of drug-likeness (QED) is 0.600. The third-order valence-corrected chi connectivity index (χ3v) is 6.14. The Morgan fingerprint density at radius 1 is 1.00 bits per heavy atom. The normalized spacial score (nSPS) is 12.3. The zero-order valence-electron chi connectivity index (χ0n) is 17.0. The number of carbonyl (C=O) groups excluding carboxylic acids is 3. The van der Waals surface area contributed by atoms with Crippen molar-refractivity contribution >= 4 is 27.7 Å². The van der Waals surface area contributed by atoms with E-state index in [0.717, 1.165) is 9.87 Å². The highest BCUT2D eigenvalue weighted by Gasteiger charge is 2.20. The average molecular weight is 432 g/mol. The van der Waals surface area contributed by atoms with Crippen LogP contribution in [0.1, 0.15) is 22.8 Å². The molecule has 0 saturated carbocycles. The number of ether oxygens (including phenoxy) is 1. The zero-order valence-corrected chi connectivity index (χ0v) is 17.8. The summed E-state index contributed by atoms with van der Waals surface area (Å²) in [5.74, 6) is -1.59. The monoisotopic (exact) mass is 432 g/mol. The number of esters is 1. The second kappa shape index (κ2) is 10.1. The maximum Gasteiger partial charge on any atom is 0.338 e. The Kier molecular flexibility index (Phi) is 7.85. The van der Waals surface area contributed by atoms with Crippen molar-refractivity contribution in [3.8, 4) is 0 Å². The van der Waals surface area contributed by atoms with Crippen LogP contribution in [-0.4, -0.2) is 57.1 Å². The summed E-state index contributed by atoms with van der Waals surface area (Å²) < 4.78 is 30.1. The van der Waals surface area contributed by atoms with Crippen molar-refractivity contribution in [2.45, 2.75) is 24.3 Å². The third kappa shape index (κ3) is 6.23. The van der Waals surface area contributed by atoms with Gasteiger partial charge in [-0.3, -0.25) is 9.59 Å². The van der Waals surface area contributed by atoms with Gasteiger partial charge in [0, 0.05) is 14.1 Å². The Morgan fingerprint density at radius 3 is 2.13 bits per heavy atom. The molecule has 2 rings (SSSR count). The first-order valence-corrected chi connectivity index (χ1v) is 10.6. The minimum Gasteiger partial charge on any atom is -0.452 e. The molecule has 0 saturated heterocycles. The topological polar surface area (TPSA) is 110 Å². The summed E-state index contributed by atoms with van der Waals surface area (Å²) in [6.45, 7) is 0.818. The first kappa shape index (κ1) is 23.2. The molecule has 0 aliphatic rings. The Bertz CT molecular complexity index is 1000. The van der Waals surface area contributed by atoms with E-state index in [-0.39, 0.29) is 16.2 Å². The summed E-state index contributed by atoms with van der Waals surface area (Å²) in [6.07, 6.45) is 0.331. The van der Waals surface area contributed by atoms with Crippen LogP contribution in [0, 0.1) is 0 Å². The lowest BCUT2D eigenvalue weighted by atomic mass is 10.0. The SMILES string of the molecule is CC(=O)[C@H](Cc1ccccc1)NC(=O)COC(=O)c1ccc(S(=O)(=O)N(C)C)cc1. The van der Waals surface area contributed by atoms with Crippen LogP contribution in [0.2, 0.25) is 0 Å². The van der Waals surface area contributed by atoms with Crippen LogP contribution in [0.25, 0.3) is 0 Å². The van der Waals surface area contributed by atoms with Gasteiger partial charge in [0.15, 0.2) is 12.4 Å². The molecule has 0 unspecified atom stereocenters. The largest absolute Gasteiger partial charge is 0.452 e. The molecular formula is C21H24N2O6S. The lowest BCUT2D eigenvalue weighted by Crippen LogP contribution is -2.43. The van der Waals surface area contributed by atoms with Crippen molar-refractivity contribution < 1.29 is 27.5 Å². The molecular weight excluding hydrogens is 408 g/mol. The molecule has 160 valence electrons. The van der Waals surface area contributed by atoms with Gasteiger partial charge in [0.2, 0.25) is 10.0 Å². The molecule has 1 atom stereocenters. The van der Waals surface area contributed by atoms with Crippen molar-refractivity contribution in [2.75, 3.05) is 20.7 Å². The number of hydrogen-bond donors (Lipinski definition) is 1. The number of nitrogens with zero attached hydrogens (tertiary/aromatic N) is 1. The summed E-state index contributed by atoms with van der Waals surface area (Å²) in [4.78, 5) is 36.1. The van der Waals surface area contributed by atoms with Crippen molar-refractivity contribution in [1.82, 2.24) is 9.62 Å². The van der Waals surface area contributed by atoms with Crippen LogP contribution >= 0.6 is 0 Å². The van der Waals surface area contributed by atoms with Gasteiger partial charge in [0.05, 0.1) is 16.5 Å². The van der Waals surface area contributed by atoms with Crippen LogP contribution < -0.4 is 5.32 Å². The maximum absolute atomic E-state index is 12.1. The Morgan fingerprint density at radius 2 is 1.60 bits per heavy atom. The lowest BCUT2D eigenvalue weighted by molar-refractivity contribution is -0.128. The van der Waals surface area contributed by atoms with Crippen LogP contribution in [-0.2, 0) is 30.8 Å². The number of amides is 1. The number of Topliss-reactive ketones (excluding diaryl/α,β-unsaturated/α-hetero) is 1. The van der Waals surface area contributed by atoms with Crippen molar-refractivity contribution in [1.29, 1.82) is 0 Å². The Balaban J connectivity index is 1.93. The van der Waals surface area contributed by atoms with Gasteiger partial charge >= 0.3 is 5.97 Å². The number of benzene rings is 2. The lowest BCUT2D eigenvalue weighted by Gasteiger charge is -2.16. The van der Waals surface area contributed by atoms with Crippen LogP contribution in [0.3, 0.4) is 0 Å². The number of ketones is 1. The minimum atomic E-state index is -3.61. The zero-order chi connectivity index (χ0) is 22.3. The Hall–Kier alpha value is -3.04. The van der Waals surface area contributed by atoms with Crippen LogP contribution in [0.4, 0.5) is 0 Å². The smallest absolute Gasteiger partial charge is 0.338 e. The van der Waals surface area contributed by atoms with Gasteiger partial charge in [-0.1, -0.05) is 30.3 Å². The molecule has 0 aliphatic heterocycles. The number of hydrogen-bond acceptors (Lipinski definition) is 6. The van der Waals surface area contributed by atoms with Crippen molar-refractivity contribution in [3.63, 3.8) is 0 Å². The van der Waals surface area contributed by atoms with E-state index in [9.17, 15) is 22.8 Å². The van der Waals surface area contributed by atoms with Crippen LogP contribution in [0.5, 0.6) is 0 Å². The van der Waals surface area contributed by atoms with Crippen molar-refractivity contribution in [3.05, 3.63) is 65.7 Å². The fraction of sp³-hybridized carbons (Fsp3) is 0.286. The number of rotatable bonds is 9. The number of sulfonamides is 1. The van der Waals surface area contributed by atoms with Crippen LogP contribution in [0.15, 0.2) is 59.5 Å². The van der Waals surface area contributed by atoms with Crippen molar-refractivity contribution in [2.24, 2.45) is 0 Å². The van der Waals surface area contributed by atoms with Gasteiger partial charge < -0.3 is 10.1 Å². The minimum absolute atomic E-state index is 0.0343. The molecule has 0 aromatic heterocycles. The van der Waals surface area contributed by atoms with E-state index in [1.165, 1.54) is 45.3 Å². The molecule has 0 aliphatic carbocycles. The second-order valence-corrected chi connectivity index (χ2v) is 8.96. The molecule has 0 bridgehead atoms. The van der Waals surface area contributed by atoms with E-state index in [0.29, 0.717) is 6.42 Å². The molecule has 0 heterocycles. The van der Waals surface area contributed by atoms with Gasteiger partial charge in [0.1, 0.15) is 0 Å². The van der Waals surface area contributed by atoms with E-state index >= 15 is 0 Å². The summed E-state index contributed by atoms with van der Waals surface area (Å²) >= 11 is 0. The maximum atomic E-state index is 12.1. The fourth-order valence-corrected chi connectivity index (χ4v) is 3.47.